The van der Waals surface area contributed by atoms with Gasteiger partial charge in [0.05, 0.1) is 17.1 Å². The number of halogens is 1. The van der Waals surface area contributed by atoms with Gasteiger partial charge in [0.1, 0.15) is 6.04 Å². The summed E-state index contributed by atoms with van der Waals surface area (Å²) in [5.41, 5.74) is 1.05. The van der Waals surface area contributed by atoms with Gasteiger partial charge in [0.25, 0.3) is 11.8 Å². The van der Waals surface area contributed by atoms with E-state index in [0.29, 0.717) is 42.7 Å². The fraction of sp³-hybridized carbons (Fsp3) is 0.500. The summed E-state index contributed by atoms with van der Waals surface area (Å²) in [6.45, 7) is 3.15. The number of rotatable bonds is 2. The maximum absolute atomic E-state index is 13.5. The minimum Gasteiger partial charge on any atom is -0.342 e. The number of hydrogen-bond acceptors (Lipinski definition) is 5. The van der Waals surface area contributed by atoms with Gasteiger partial charge in [0.2, 0.25) is 5.91 Å². The summed E-state index contributed by atoms with van der Waals surface area (Å²) < 4.78 is 13.5. The van der Waals surface area contributed by atoms with E-state index in [4.69, 9.17) is 0 Å². The van der Waals surface area contributed by atoms with Crippen LogP contribution < -0.4 is 5.32 Å². The van der Waals surface area contributed by atoms with Crippen molar-refractivity contribution in [3.63, 3.8) is 0 Å². The van der Waals surface area contributed by atoms with Gasteiger partial charge in [0.15, 0.2) is 11.8 Å². The van der Waals surface area contributed by atoms with Crippen LogP contribution in [0.5, 0.6) is 0 Å². The summed E-state index contributed by atoms with van der Waals surface area (Å²) in [7, 11) is 0. The molecule has 28 heavy (non-hydrogen) atoms. The summed E-state index contributed by atoms with van der Waals surface area (Å²) in [6, 6.07) is 0.603. The van der Waals surface area contributed by atoms with E-state index in [1.165, 1.54) is 0 Å². The molecule has 9 nitrogen and oxygen atoms in total. The summed E-state index contributed by atoms with van der Waals surface area (Å²) in [4.78, 5) is 44.7. The summed E-state index contributed by atoms with van der Waals surface area (Å²) in [5.74, 6) is -1.18. The maximum atomic E-state index is 13.5. The van der Waals surface area contributed by atoms with Crippen molar-refractivity contribution < 1.29 is 18.8 Å². The molecule has 2 N–H and O–H groups in total. The van der Waals surface area contributed by atoms with Gasteiger partial charge in [0, 0.05) is 38.3 Å². The van der Waals surface area contributed by atoms with Gasteiger partial charge in [-0.05, 0) is 19.4 Å². The number of amides is 3. The number of nitrogens with zero attached hydrogens (tertiary/aromatic N) is 4. The lowest BCUT2D eigenvalue weighted by molar-refractivity contribution is -0.134. The molecule has 10 heteroatoms. The molecule has 2 aliphatic heterocycles. The average molecular weight is 388 g/mol. The molecule has 2 saturated heterocycles. The molecule has 0 bridgehead atoms. The number of carbonyl (C=O) groups is 3. The molecule has 2 aliphatic rings. The molecule has 0 aromatic carbocycles. The standard InChI is InChI=1S/C18H21FN6O3/c1-10-9-24(18(28)14-7-13(19)16(26)22-14)5-2-6-25(10)17(27)11-3-4-20-15-12(11)8-21-23-15/h3-4,8,10,13-14H,2,5-7,9H2,1H3,(H,22,26)(H,20,21,23)/t10?,13-,14+/m1/s1. The number of carbonyl (C=O) groups excluding carboxylic acids is 3. The molecule has 0 spiro atoms. The van der Waals surface area contributed by atoms with Crippen LogP contribution in [0, 0.1) is 0 Å². The van der Waals surface area contributed by atoms with Crippen LogP contribution in [0.4, 0.5) is 4.39 Å². The molecule has 2 fully saturated rings. The first-order chi connectivity index (χ1) is 13.5. The third kappa shape index (κ3) is 3.19. The van der Waals surface area contributed by atoms with Crippen molar-refractivity contribution >= 4 is 28.8 Å². The van der Waals surface area contributed by atoms with E-state index in [-0.39, 0.29) is 24.3 Å². The molecule has 4 rings (SSSR count). The van der Waals surface area contributed by atoms with Crippen LogP contribution in [0.25, 0.3) is 11.0 Å². The number of fused-ring (bicyclic) bond motifs is 1. The number of alkyl halides is 1. The fourth-order valence-electron chi connectivity index (χ4n) is 3.87. The van der Waals surface area contributed by atoms with Crippen LogP contribution in [-0.4, -0.2) is 80.6 Å². The fourth-order valence-corrected chi connectivity index (χ4v) is 3.87. The number of aromatic nitrogens is 3. The quantitative estimate of drug-likeness (QED) is 0.766. The van der Waals surface area contributed by atoms with Crippen LogP contribution in [0.3, 0.4) is 0 Å². The predicted molar refractivity (Wildman–Crippen MR) is 97.0 cm³/mol. The zero-order valence-corrected chi connectivity index (χ0v) is 15.4. The van der Waals surface area contributed by atoms with E-state index in [0.717, 1.165) is 0 Å². The minimum atomic E-state index is -1.64. The van der Waals surface area contributed by atoms with Crippen molar-refractivity contribution in [1.82, 2.24) is 30.3 Å². The summed E-state index contributed by atoms with van der Waals surface area (Å²) in [6.07, 6.45) is 1.95. The Labute approximate surface area is 160 Å². The second-order valence-electron chi connectivity index (χ2n) is 7.24. The number of nitrogens with one attached hydrogen (secondary N) is 2. The lowest BCUT2D eigenvalue weighted by atomic mass is 10.1. The number of H-pyrrole nitrogens is 1. The van der Waals surface area contributed by atoms with Crippen LogP contribution in [-0.2, 0) is 9.59 Å². The van der Waals surface area contributed by atoms with Gasteiger partial charge in [-0.2, -0.15) is 5.10 Å². The Bertz CT molecular complexity index is 931. The maximum Gasteiger partial charge on any atom is 0.255 e. The van der Waals surface area contributed by atoms with Crippen molar-refractivity contribution in [2.75, 3.05) is 19.6 Å². The molecule has 2 aromatic rings. The lowest BCUT2D eigenvalue weighted by Crippen LogP contribution is -2.48. The second-order valence-corrected chi connectivity index (χ2v) is 7.24. The highest BCUT2D eigenvalue weighted by Gasteiger charge is 2.39. The number of aromatic amines is 1. The Kier molecular flexibility index (Phi) is 4.70. The Balaban J connectivity index is 1.49. The van der Waals surface area contributed by atoms with Crippen LogP contribution in [0.2, 0.25) is 0 Å². The molecule has 3 amide bonds. The van der Waals surface area contributed by atoms with Crippen LogP contribution >= 0.6 is 0 Å². The Morgan fingerprint density at radius 2 is 2.14 bits per heavy atom. The largest absolute Gasteiger partial charge is 0.342 e. The second kappa shape index (κ2) is 7.17. The van der Waals surface area contributed by atoms with E-state index in [1.54, 1.807) is 28.3 Å². The molecule has 2 aromatic heterocycles. The van der Waals surface area contributed by atoms with Gasteiger partial charge >= 0.3 is 0 Å². The van der Waals surface area contributed by atoms with E-state index in [1.807, 2.05) is 6.92 Å². The van der Waals surface area contributed by atoms with Crippen molar-refractivity contribution in [3.05, 3.63) is 24.0 Å². The highest BCUT2D eigenvalue weighted by Crippen LogP contribution is 2.21. The zero-order chi connectivity index (χ0) is 19.8. The normalized spacial score (nSPS) is 25.6. The molecule has 3 atom stereocenters. The third-order valence-corrected chi connectivity index (χ3v) is 5.34. The molecule has 4 heterocycles. The van der Waals surface area contributed by atoms with E-state index in [9.17, 15) is 18.8 Å². The first kappa shape index (κ1) is 18.3. The summed E-state index contributed by atoms with van der Waals surface area (Å²) in [5, 5.41) is 9.76. The molecule has 148 valence electrons. The Hall–Kier alpha value is -3.04. The highest BCUT2D eigenvalue weighted by atomic mass is 19.1. The van der Waals surface area contributed by atoms with Crippen molar-refractivity contribution in [2.45, 2.75) is 38.0 Å². The Morgan fingerprint density at radius 1 is 1.32 bits per heavy atom. The third-order valence-electron chi connectivity index (χ3n) is 5.34. The lowest BCUT2D eigenvalue weighted by Gasteiger charge is -2.30. The zero-order valence-electron chi connectivity index (χ0n) is 15.4. The monoisotopic (exact) mass is 388 g/mol. The minimum absolute atomic E-state index is 0.138. The summed E-state index contributed by atoms with van der Waals surface area (Å²) >= 11 is 0. The highest BCUT2D eigenvalue weighted by molar-refractivity contribution is 6.05. The molecule has 0 aliphatic carbocycles. The molecule has 1 unspecified atom stereocenters. The average Bonchev–Trinajstić information content (AvgIpc) is 3.23. The topological polar surface area (TPSA) is 111 Å². The van der Waals surface area contributed by atoms with Gasteiger partial charge in [-0.25, -0.2) is 9.37 Å². The molecule has 0 saturated carbocycles. The van der Waals surface area contributed by atoms with E-state index >= 15 is 0 Å². The van der Waals surface area contributed by atoms with Gasteiger partial charge in [-0.3, -0.25) is 19.5 Å². The first-order valence-corrected chi connectivity index (χ1v) is 9.28. The van der Waals surface area contributed by atoms with E-state index < -0.39 is 18.1 Å². The van der Waals surface area contributed by atoms with Crippen LogP contribution in [0.1, 0.15) is 30.1 Å². The van der Waals surface area contributed by atoms with Crippen molar-refractivity contribution in [2.24, 2.45) is 0 Å². The molecular formula is C18H21FN6O3. The van der Waals surface area contributed by atoms with E-state index in [2.05, 4.69) is 20.5 Å². The SMILES string of the molecule is CC1CN(C(=O)[C@@H]2C[C@@H](F)C(=O)N2)CCCN1C(=O)c1ccnc2[nH]ncc12. The van der Waals surface area contributed by atoms with Gasteiger partial charge in [-0.15, -0.1) is 0 Å². The van der Waals surface area contributed by atoms with Crippen molar-refractivity contribution in [1.29, 1.82) is 0 Å². The Morgan fingerprint density at radius 3 is 2.89 bits per heavy atom. The first-order valence-electron chi connectivity index (χ1n) is 9.28. The van der Waals surface area contributed by atoms with Crippen molar-refractivity contribution in [3.8, 4) is 0 Å². The van der Waals surface area contributed by atoms with Gasteiger partial charge < -0.3 is 15.1 Å². The van der Waals surface area contributed by atoms with Crippen LogP contribution in [0.15, 0.2) is 18.5 Å². The molecular weight excluding hydrogens is 367 g/mol. The van der Waals surface area contributed by atoms with Gasteiger partial charge in [-0.1, -0.05) is 0 Å². The number of hydrogen-bond donors (Lipinski definition) is 2. The predicted octanol–water partition coefficient (Wildman–Crippen LogP) is 0.248. The molecule has 0 radical (unpaired) electrons. The smallest absolute Gasteiger partial charge is 0.255 e. The number of pyridine rings is 1.